The molecule has 2 aromatic heterocycles. The smallest absolute Gasteiger partial charge is 0.137 e. The predicted octanol–water partition coefficient (Wildman–Crippen LogP) is 3.48. The van der Waals surface area contributed by atoms with Gasteiger partial charge in [0.25, 0.3) is 0 Å². The van der Waals surface area contributed by atoms with Crippen LogP contribution in [0.1, 0.15) is 11.3 Å². The monoisotopic (exact) mass is 384 g/mol. The number of halogens is 1. The Hall–Kier alpha value is -1.69. The highest BCUT2D eigenvalue weighted by molar-refractivity contribution is 9.10. The molecular formula is C19H21BrN4. The van der Waals surface area contributed by atoms with Crippen LogP contribution in [0.2, 0.25) is 0 Å². The van der Waals surface area contributed by atoms with E-state index in [1.165, 1.54) is 16.8 Å². The molecule has 1 aromatic carbocycles. The number of pyridine rings is 1. The third-order valence-corrected chi connectivity index (χ3v) is 5.09. The maximum atomic E-state index is 4.92. The van der Waals surface area contributed by atoms with Gasteiger partial charge in [-0.1, -0.05) is 34.1 Å². The number of nitrogens with zero attached hydrogens (tertiary/aromatic N) is 3. The molecular weight excluding hydrogens is 364 g/mol. The van der Waals surface area contributed by atoms with E-state index in [1.54, 1.807) is 0 Å². The van der Waals surface area contributed by atoms with Crippen LogP contribution in [-0.4, -0.2) is 40.5 Å². The summed E-state index contributed by atoms with van der Waals surface area (Å²) in [7, 11) is 0. The summed E-state index contributed by atoms with van der Waals surface area (Å²) in [5, 5.41) is 3.42. The Bertz CT molecular complexity index is 848. The van der Waals surface area contributed by atoms with Gasteiger partial charge in [-0.2, -0.15) is 0 Å². The number of hydrogen-bond acceptors (Lipinski definition) is 3. The molecule has 0 saturated carbocycles. The summed E-state index contributed by atoms with van der Waals surface area (Å²) in [4.78, 5) is 7.43. The first-order valence-corrected chi connectivity index (χ1v) is 9.16. The van der Waals surface area contributed by atoms with Gasteiger partial charge in [0.15, 0.2) is 0 Å². The van der Waals surface area contributed by atoms with Gasteiger partial charge in [0.1, 0.15) is 5.65 Å². The zero-order valence-corrected chi connectivity index (χ0v) is 15.4. The van der Waals surface area contributed by atoms with Crippen LogP contribution in [0, 0.1) is 6.92 Å². The lowest BCUT2D eigenvalue weighted by Gasteiger charge is -2.27. The molecule has 0 radical (unpaired) electrons. The number of benzene rings is 1. The van der Waals surface area contributed by atoms with E-state index in [0.29, 0.717) is 0 Å². The number of hydrogen-bond donors (Lipinski definition) is 1. The van der Waals surface area contributed by atoms with Gasteiger partial charge < -0.3 is 9.72 Å². The Morgan fingerprint density at radius 1 is 1.08 bits per heavy atom. The number of aromatic nitrogens is 2. The predicted molar refractivity (Wildman–Crippen MR) is 101 cm³/mol. The molecule has 3 heterocycles. The summed E-state index contributed by atoms with van der Waals surface area (Å²) in [6.45, 7) is 7.34. The third kappa shape index (κ3) is 3.11. The molecule has 1 fully saturated rings. The second kappa shape index (κ2) is 6.67. The summed E-state index contributed by atoms with van der Waals surface area (Å²) in [5.74, 6) is 0. The number of piperazine rings is 1. The highest BCUT2D eigenvalue weighted by atomic mass is 79.9. The second-order valence-corrected chi connectivity index (χ2v) is 7.29. The maximum Gasteiger partial charge on any atom is 0.137 e. The number of rotatable bonds is 3. The fourth-order valence-electron chi connectivity index (χ4n) is 3.27. The van der Waals surface area contributed by atoms with Crippen LogP contribution in [0.4, 0.5) is 0 Å². The first-order valence-electron chi connectivity index (χ1n) is 8.37. The van der Waals surface area contributed by atoms with Crippen molar-refractivity contribution in [3.63, 3.8) is 0 Å². The van der Waals surface area contributed by atoms with Crippen molar-refractivity contribution in [3.05, 3.63) is 58.3 Å². The lowest BCUT2D eigenvalue weighted by Crippen LogP contribution is -2.43. The van der Waals surface area contributed by atoms with Crippen LogP contribution >= 0.6 is 15.9 Å². The molecule has 4 rings (SSSR count). The Balaban J connectivity index is 1.81. The zero-order valence-electron chi connectivity index (χ0n) is 13.8. The summed E-state index contributed by atoms with van der Waals surface area (Å²) in [6.07, 6.45) is 2.20. The molecule has 1 N–H and O–H groups in total. The van der Waals surface area contributed by atoms with Crippen molar-refractivity contribution in [3.8, 4) is 11.3 Å². The van der Waals surface area contributed by atoms with Crippen molar-refractivity contribution in [2.75, 3.05) is 26.2 Å². The average Bonchev–Trinajstić information content (AvgIpc) is 2.94. The molecule has 0 aliphatic carbocycles. The van der Waals surface area contributed by atoms with E-state index in [1.807, 2.05) is 0 Å². The minimum atomic E-state index is 0.928. The summed E-state index contributed by atoms with van der Waals surface area (Å²) in [6, 6.07) is 12.7. The van der Waals surface area contributed by atoms with Gasteiger partial charge in [0, 0.05) is 49.0 Å². The Kier molecular flexibility index (Phi) is 4.39. The molecule has 0 bridgehead atoms. The SMILES string of the molecule is Cc1ccc2nc(-c3ccc(Br)cc3)c(CN3CCNCC3)n2c1. The van der Waals surface area contributed by atoms with Gasteiger partial charge in [0.05, 0.1) is 11.4 Å². The maximum absolute atomic E-state index is 4.92. The standard InChI is InChI=1S/C19H21BrN4/c1-14-2-7-18-22-19(15-3-5-16(20)6-4-15)17(24(18)12-14)13-23-10-8-21-9-11-23/h2-7,12,21H,8-11,13H2,1H3. The van der Waals surface area contributed by atoms with Crippen LogP contribution < -0.4 is 5.32 Å². The first kappa shape index (κ1) is 15.8. The van der Waals surface area contributed by atoms with Crippen molar-refractivity contribution < 1.29 is 0 Å². The van der Waals surface area contributed by atoms with Crippen LogP contribution in [0.25, 0.3) is 16.9 Å². The largest absolute Gasteiger partial charge is 0.314 e. The van der Waals surface area contributed by atoms with Crippen molar-refractivity contribution in [1.82, 2.24) is 19.6 Å². The van der Waals surface area contributed by atoms with Crippen molar-refractivity contribution in [2.45, 2.75) is 13.5 Å². The Morgan fingerprint density at radius 3 is 2.58 bits per heavy atom. The molecule has 3 aromatic rings. The third-order valence-electron chi connectivity index (χ3n) is 4.57. The van der Waals surface area contributed by atoms with E-state index in [-0.39, 0.29) is 0 Å². The highest BCUT2D eigenvalue weighted by Gasteiger charge is 2.18. The first-order chi connectivity index (χ1) is 11.7. The van der Waals surface area contributed by atoms with E-state index in [4.69, 9.17) is 4.98 Å². The lowest BCUT2D eigenvalue weighted by molar-refractivity contribution is 0.230. The molecule has 4 nitrogen and oxygen atoms in total. The van der Waals surface area contributed by atoms with E-state index in [9.17, 15) is 0 Å². The Labute approximate surface area is 150 Å². The minimum absolute atomic E-state index is 0.928. The molecule has 124 valence electrons. The topological polar surface area (TPSA) is 32.6 Å². The molecule has 1 saturated heterocycles. The van der Waals surface area contributed by atoms with Crippen LogP contribution in [-0.2, 0) is 6.54 Å². The van der Waals surface area contributed by atoms with Crippen molar-refractivity contribution in [1.29, 1.82) is 0 Å². The van der Waals surface area contributed by atoms with Crippen LogP contribution in [0.15, 0.2) is 47.1 Å². The van der Waals surface area contributed by atoms with E-state index in [0.717, 1.165) is 48.5 Å². The van der Waals surface area contributed by atoms with Crippen molar-refractivity contribution >= 4 is 21.6 Å². The summed E-state index contributed by atoms with van der Waals surface area (Å²) in [5.41, 5.74) is 5.81. The molecule has 0 unspecified atom stereocenters. The van der Waals surface area contributed by atoms with E-state index < -0.39 is 0 Å². The van der Waals surface area contributed by atoms with Gasteiger partial charge in [0.2, 0.25) is 0 Å². The number of nitrogens with one attached hydrogen (secondary N) is 1. The number of fused-ring (bicyclic) bond motifs is 1. The van der Waals surface area contributed by atoms with E-state index >= 15 is 0 Å². The molecule has 0 atom stereocenters. The van der Waals surface area contributed by atoms with Gasteiger partial charge in [-0.05, 0) is 30.7 Å². The fourth-order valence-corrected chi connectivity index (χ4v) is 3.53. The van der Waals surface area contributed by atoms with Crippen molar-refractivity contribution in [2.24, 2.45) is 0 Å². The number of aryl methyl sites for hydroxylation is 1. The molecule has 0 spiro atoms. The minimum Gasteiger partial charge on any atom is -0.314 e. The van der Waals surface area contributed by atoms with Crippen LogP contribution in [0.3, 0.4) is 0 Å². The quantitative estimate of drug-likeness (QED) is 0.750. The van der Waals surface area contributed by atoms with Gasteiger partial charge >= 0.3 is 0 Å². The molecule has 24 heavy (non-hydrogen) atoms. The van der Waals surface area contributed by atoms with Gasteiger partial charge in [-0.3, -0.25) is 4.90 Å². The van der Waals surface area contributed by atoms with Crippen LogP contribution in [0.5, 0.6) is 0 Å². The second-order valence-electron chi connectivity index (χ2n) is 6.37. The normalized spacial score (nSPS) is 15.9. The zero-order chi connectivity index (χ0) is 16.5. The molecule has 5 heteroatoms. The highest BCUT2D eigenvalue weighted by Crippen LogP contribution is 2.27. The van der Waals surface area contributed by atoms with Gasteiger partial charge in [-0.25, -0.2) is 4.98 Å². The van der Waals surface area contributed by atoms with E-state index in [2.05, 4.69) is 80.1 Å². The summed E-state index contributed by atoms with van der Waals surface area (Å²) >= 11 is 3.52. The Morgan fingerprint density at radius 2 is 1.83 bits per heavy atom. The molecule has 1 aliphatic rings. The molecule has 1 aliphatic heterocycles. The molecule has 0 amide bonds. The average molecular weight is 385 g/mol. The number of imidazole rings is 1. The summed E-state index contributed by atoms with van der Waals surface area (Å²) < 4.78 is 3.35. The van der Waals surface area contributed by atoms with Gasteiger partial charge in [-0.15, -0.1) is 0 Å². The lowest BCUT2D eigenvalue weighted by atomic mass is 10.1. The fraction of sp³-hybridized carbons (Fsp3) is 0.316.